The summed E-state index contributed by atoms with van der Waals surface area (Å²) in [6.45, 7) is 1.50. The van der Waals surface area contributed by atoms with Crippen LogP contribution in [0.25, 0.3) is 0 Å². The molecule has 154 valence electrons. The first-order valence-electron chi connectivity index (χ1n) is 9.82. The molecule has 2 aromatic carbocycles. The van der Waals surface area contributed by atoms with Crippen LogP contribution >= 0.6 is 0 Å². The van der Waals surface area contributed by atoms with E-state index in [1.807, 2.05) is 36.4 Å². The highest BCUT2D eigenvalue weighted by Gasteiger charge is 2.57. The molecule has 5 rings (SSSR count). The highest BCUT2D eigenvalue weighted by atomic mass is 32.2. The lowest BCUT2D eigenvalue weighted by atomic mass is 9.88. The molecular weight excluding hydrogens is 400 g/mol. The Labute approximate surface area is 176 Å². The van der Waals surface area contributed by atoms with Gasteiger partial charge in [0.15, 0.2) is 0 Å². The number of ether oxygens (including phenoxy) is 1. The van der Waals surface area contributed by atoms with Gasteiger partial charge in [0.1, 0.15) is 5.75 Å². The van der Waals surface area contributed by atoms with Crippen LogP contribution in [0, 0.1) is 0 Å². The molecule has 1 spiro atoms. The van der Waals surface area contributed by atoms with Crippen molar-refractivity contribution >= 4 is 16.0 Å². The second-order valence-corrected chi connectivity index (χ2v) is 9.44. The lowest BCUT2D eigenvalue weighted by Crippen LogP contribution is -2.45. The maximum Gasteiger partial charge on any atom is 0.244 e. The van der Waals surface area contributed by atoms with Crippen LogP contribution in [-0.4, -0.2) is 42.9 Å². The summed E-state index contributed by atoms with van der Waals surface area (Å²) >= 11 is 0. The van der Waals surface area contributed by atoms with Crippen molar-refractivity contribution in [3.8, 4) is 5.75 Å². The summed E-state index contributed by atoms with van der Waals surface area (Å²) in [4.78, 5) is 11.2. The Bertz CT molecular complexity index is 1170. The SMILES string of the molecule is COc1ccc(CN2C3(CCN(c4ncccn4)C3)c3ccccc3S2(=O)=O)cc1. The molecule has 8 heteroatoms. The molecule has 7 nitrogen and oxygen atoms in total. The molecule has 0 radical (unpaired) electrons. The molecule has 0 amide bonds. The molecule has 0 N–H and O–H groups in total. The van der Waals surface area contributed by atoms with Crippen LogP contribution < -0.4 is 9.64 Å². The zero-order chi connectivity index (χ0) is 20.8. The monoisotopic (exact) mass is 422 g/mol. The number of aromatic nitrogens is 2. The first-order chi connectivity index (χ1) is 14.5. The van der Waals surface area contributed by atoms with E-state index < -0.39 is 15.6 Å². The number of anilines is 1. The third kappa shape index (κ3) is 2.86. The topological polar surface area (TPSA) is 75.6 Å². The van der Waals surface area contributed by atoms with Crippen molar-refractivity contribution in [1.29, 1.82) is 0 Å². The Morgan fingerprint density at radius 2 is 1.77 bits per heavy atom. The van der Waals surface area contributed by atoms with Gasteiger partial charge >= 0.3 is 0 Å². The number of sulfonamides is 1. The van der Waals surface area contributed by atoms with Crippen molar-refractivity contribution in [2.45, 2.75) is 23.4 Å². The molecule has 0 saturated carbocycles. The van der Waals surface area contributed by atoms with E-state index in [1.54, 1.807) is 42.0 Å². The summed E-state index contributed by atoms with van der Waals surface area (Å²) in [5.74, 6) is 1.37. The average Bonchev–Trinajstić information content (AvgIpc) is 3.30. The van der Waals surface area contributed by atoms with E-state index in [0.29, 0.717) is 36.9 Å². The van der Waals surface area contributed by atoms with Crippen molar-refractivity contribution in [1.82, 2.24) is 14.3 Å². The van der Waals surface area contributed by atoms with Crippen LogP contribution in [0.4, 0.5) is 5.95 Å². The standard InChI is InChI=1S/C22H22N4O3S/c1-29-18-9-7-17(8-10-18)15-26-22(19-5-2-3-6-20(19)30(26,27)28)11-14-25(16-22)21-23-12-4-13-24-21/h2-10,12-13H,11,14-16H2,1H3. The Morgan fingerprint density at radius 3 is 2.50 bits per heavy atom. The summed E-state index contributed by atoms with van der Waals surface area (Å²) in [5.41, 5.74) is 1.13. The van der Waals surface area contributed by atoms with Crippen LogP contribution in [0.3, 0.4) is 0 Å². The zero-order valence-electron chi connectivity index (χ0n) is 16.6. The molecule has 0 bridgehead atoms. The second kappa shape index (κ2) is 7.07. The lowest BCUT2D eigenvalue weighted by Gasteiger charge is -2.34. The van der Waals surface area contributed by atoms with Gasteiger partial charge in [0.05, 0.1) is 17.5 Å². The molecule has 1 saturated heterocycles. The van der Waals surface area contributed by atoms with E-state index in [9.17, 15) is 8.42 Å². The van der Waals surface area contributed by atoms with Crippen molar-refractivity contribution in [3.63, 3.8) is 0 Å². The molecule has 2 aliphatic rings. The summed E-state index contributed by atoms with van der Waals surface area (Å²) in [6.07, 6.45) is 4.10. The van der Waals surface area contributed by atoms with Crippen LogP contribution in [0.1, 0.15) is 17.5 Å². The number of nitrogens with zero attached hydrogens (tertiary/aromatic N) is 4. The highest BCUT2D eigenvalue weighted by molar-refractivity contribution is 7.89. The van der Waals surface area contributed by atoms with Gasteiger partial charge in [0.25, 0.3) is 0 Å². The van der Waals surface area contributed by atoms with Gasteiger partial charge in [0, 0.05) is 32.0 Å². The van der Waals surface area contributed by atoms with Crippen molar-refractivity contribution in [3.05, 3.63) is 78.1 Å². The molecule has 3 aromatic rings. The fourth-order valence-corrected chi connectivity index (χ4v) is 6.59. The molecular formula is C22H22N4O3S. The maximum atomic E-state index is 13.6. The molecule has 1 unspecified atom stereocenters. The summed E-state index contributed by atoms with van der Waals surface area (Å²) in [5, 5.41) is 0. The predicted molar refractivity (Wildman–Crippen MR) is 113 cm³/mol. The maximum absolute atomic E-state index is 13.6. The summed E-state index contributed by atoms with van der Waals surface area (Å²) in [7, 11) is -2.01. The van der Waals surface area contributed by atoms with Gasteiger partial charge in [0.2, 0.25) is 16.0 Å². The van der Waals surface area contributed by atoms with E-state index in [-0.39, 0.29) is 0 Å². The fourth-order valence-electron chi connectivity index (χ4n) is 4.53. The molecule has 2 aliphatic heterocycles. The van der Waals surface area contributed by atoms with Gasteiger partial charge in [-0.15, -0.1) is 0 Å². The minimum Gasteiger partial charge on any atom is -0.497 e. The van der Waals surface area contributed by atoms with Gasteiger partial charge in [-0.05, 0) is 41.8 Å². The number of hydrogen-bond donors (Lipinski definition) is 0. The average molecular weight is 423 g/mol. The van der Waals surface area contributed by atoms with E-state index in [1.165, 1.54) is 0 Å². The first kappa shape index (κ1) is 19.0. The number of rotatable bonds is 4. The van der Waals surface area contributed by atoms with Crippen molar-refractivity contribution in [2.24, 2.45) is 0 Å². The minimum absolute atomic E-state index is 0.296. The van der Waals surface area contributed by atoms with Crippen molar-refractivity contribution in [2.75, 3.05) is 25.1 Å². The van der Waals surface area contributed by atoms with Gasteiger partial charge in [-0.2, -0.15) is 4.31 Å². The minimum atomic E-state index is -3.62. The smallest absolute Gasteiger partial charge is 0.244 e. The van der Waals surface area contributed by atoms with E-state index in [0.717, 1.165) is 16.9 Å². The first-order valence-corrected chi connectivity index (χ1v) is 11.3. The Morgan fingerprint density at radius 1 is 1.03 bits per heavy atom. The van der Waals surface area contributed by atoms with Crippen molar-refractivity contribution < 1.29 is 13.2 Å². The van der Waals surface area contributed by atoms with E-state index >= 15 is 0 Å². The number of hydrogen-bond acceptors (Lipinski definition) is 6. The Balaban J connectivity index is 1.57. The predicted octanol–water partition coefficient (Wildman–Crippen LogP) is 2.80. The van der Waals surface area contributed by atoms with Gasteiger partial charge in [-0.25, -0.2) is 18.4 Å². The lowest BCUT2D eigenvalue weighted by molar-refractivity contribution is 0.215. The van der Waals surface area contributed by atoms with Crippen LogP contribution in [0.15, 0.2) is 71.9 Å². The quantitative estimate of drug-likeness (QED) is 0.644. The van der Waals surface area contributed by atoms with Crippen LogP contribution in [0.5, 0.6) is 5.75 Å². The van der Waals surface area contributed by atoms with Crippen LogP contribution in [-0.2, 0) is 22.1 Å². The Hall–Kier alpha value is -2.97. The summed E-state index contributed by atoms with van der Waals surface area (Å²) < 4.78 is 34.0. The van der Waals surface area contributed by atoms with E-state index in [4.69, 9.17) is 4.74 Å². The number of fused-ring (bicyclic) bond motifs is 2. The van der Waals surface area contributed by atoms with Crippen LogP contribution in [0.2, 0.25) is 0 Å². The van der Waals surface area contributed by atoms with Gasteiger partial charge < -0.3 is 9.64 Å². The normalized spacial score (nSPS) is 22.4. The van der Waals surface area contributed by atoms with Gasteiger partial charge in [-0.3, -0.25) is 0 Å². The summed E-state index contributed by atoms with van der Waals surface area (Å²) in [6, 6.07) is 16.7. The van der Waals surface area contributed by atoms with E-state index in [2.05, 4.69) is 14.9 Å². The Kier molecular flexibility index (Phi) is 4.48. The highest BCUT2D eigenvalue weighted by Crippen LogP contribution is 2.50. The molecule has 3 heterocycles. The molecule has 1 fully saturated rings. The third-order valence-electron chi connectivity index (χ3n) is 6.00. The van der Waals surface area contributed by atoms with Gasteiger partial charge in [-0.1, -0.05) is 30.3 Å². The number of methoxy groups -OCH3 is 1. The molecule has 0 aliphatic carbocycles. The largest absolute Gasteiger partial charge is 0.497 e. The fraction of sp³-hybridized carbons (Fsp3) is 0.273. The molecule has 1 atom stereocenters. The molecule has 1 aromatic heterocycles. The second-order valence-electron chi connectivity index (χ2n) is 7.61. The number of benzene rings is 2. The zero-order valence-corrected chi connectivity index (χ0v) is 17.4. The third-order valence-corrected chi connectivity index (χ3v) is 7.97. The molecule has 30 heavy (non-hydrogen) atoms.